The molecular formula is C9H15. The Labute approximate surface area is 58.0 Å². The Bertz CT molecular complexity index is 101. The van der Waals surface area contributed by atoms with Crippen LogP contribution in [0.2, 0.25) is 0 Å². The van der Waals surface area contributed by atoms with Gasteiger partial charge in [-0.3, -0.25) is 0 Å². The fraction of sp³-hybridized carbons (Fsp3) is 0.667. The highest BCUT2D eigenvalue weighted by atomic mass is 14.2. The van der Waals surface area contributed by atoms with Crippen LogP contribution >= 0.6 is 0 Å². The molecule has 0 N–H and O–H groups in total. The van der Waals surface area contributed by atoms with E-state index >= 15 is 0 Å². The second-order valence-electron chi connectivity index (χ2n) is 3.02. The van der Waals surface area contributed by atoms with Crippen molar-refractivity contribution in [2.45, 2.75) is 26.2 Å². The Hall–Kier alpha value is -0.260. The second-order valence-corrected chi connectivity index (χ2v) is 3.02. The Kier molecular flexibility index (Phi) is 2.32. The van der Waals surface area contributed by atoms with Gasteiger partial charge in [0, 0.05) is 0 Å². The molecule has 1 aliphatic rings. The number of hydrogen-bond donors (Lipinski definition) is 0. The maximum Gasteiger partial charge on any atom is -0.0320 e. The summed E-state index contributed by atoms with van der Waals surface area (Å²) in [5.41, 5.74) is 0. The maximum atomic E-state index is 4.03. The molecule has 0 nitrogen and oxygen atoms in total. The molecule has 0 heteroatoms. The summed E-state index contributed by atoms with van der Waals surface area (Å²) in [6.07, 6.45) is 8.44. The Morgan fingerprint density at radius 3 is 2.67 bits per heavy atom. The van der Waals surface area contributed by atoms with E-state index in [4.69, 9.17) is 0 Å². The van der Waals surface area contributed by atoms with Crippen molar-refractivity contribution in [1.29, 1.82) is 0 Å². The Morgan fingerprint density at radius 2 is 2.33 bits per heavy atom. The topological polar surface area (TPSA) is 0 Å². The standard InChI is InChI=1S/C9H15/c1-8(2)9-6-4-3-5-7-9/h3-4,8-9H,1,5-7H2,2H3. The van der Waals surface area contributed by atoms with Gasteiger partial charge in [0.2, 0.25) is 0 Å². The molecule has 0 fully saturated rings. The van der Waals surface area contributed by atoms with Crippen molar-refractivity contribution < 1.29 is 0 Å². The van der Waals surface area contributed by atoms with Crippen LogP contribution in [-0.2, 0) is 0 Å². The third-order valence-electron chi connectivity index (χ3n) is 2.11. The molecule has 0 saturated carbocycles. The van der Waals surface area contributed by atoms with Crippen molar-refractivity contribution in [2.24, 2.45) is 11.8 Å². The van der Waals surface area contributed by atoms with E-state index in [1.807, 2.05) is 0 Å². The van der Waals surface area contributed by atoms with E-state index in [2.05, 4.69) is 26.0 Å². The Balaban J connectivity index is 2.35. The van der Waals surface area contributed by atoms with Gasteiger partial charge in [-0.1, -0.05) is 26.0 Å². The molecule has 0 heterocycles. The van der Waals surface area contributed by atoms with E-state index in [0.717, 1.165) is 5.92 Å². The monoisotopic (exact) mass is 123 g/mol. The van der Waals surface area contributed by atoms with Crippen LogP contribution < -0.4 is 0 Å². The van der Waals surface area contributed by atoms with Gasteiger partial charge in [0.05, 0.1) is 0 Å². The van der Waals surface area contributed by atoms with E-state index in [-0.39, 0.29) is 0 Å². The highest BCUT2D eigenvalue weighted by molar-refractivity contribution is 4.91. The summed E-state index contributed by atoms with van der Waals surface area (Å²) in [4.78, 5) is 0. The largest absolute Gasteiger partial charge is 0.0885 e. The van der Waals surface area contributed by atoms with Crippen LogP contribution in [-0.4, -0.2) is 0 Å². The Morgan fingerprint density at radius 1 is 1.56 bits per heavy atom. The van der Waals surface area contributed by atoms with Gasteiger partial charge in [-0.05, 0) is 31.1 Å². The van der Waals surface area contributed by atoms with Crippen LogP contribution in [0.4, 0.5) is 0 Å². The molecule has 2 atom stereocenters. The zero-order valence-electron chi connectivity index (χ0n) is 6.14. The first-order valence-corrected chi connectivity index (χ1v) is 3.79. The average Bonchev–Trinajstić information content (AvgIpc) is 1.90. The zero-order chi connectivity index (χ0) is 6.69. The third-order valence-corrected chi connectivity index (χ3v) is 2.11. The van der Waals surface area contributed by atoms with E-state index in [0.29, 0.717) is 5.92 Å². The molecule has 0 saturated heterocycles. The van der Waals surface area contributed by atoms with Gasteiger partial charge in [0.15, 0.2) is 0 Å². The first-order chi connectivity index (χ1) is 4.30. The van der Waals surface area contributed by atoms with Crippen LogP contribution in [0.15, 0.2) is 12.2 Å². The lowest BCUT2D eigenvalue weighted by molar-refractivity contribution is 0.385. The number of rotatable bonds is 1. The number of hydrogen-bond acceptors (Lipinski definition) is 0. The second kappa shape index (κ2) is 3.05. The molecule has 9 heavy (non-hydrogen) atoms. The fourth-order valence-corrected chi connectivity index (χ4v) is 1.33. The molecule has 0 aromatic heterocycles. The van der Waals surface area contributed by atoms with E-state index in [1.54, 1.807) is 0 Å². The molecule has 0 aliphatic heterocycles. The lowest BCUT2D eigenvalue weighted by Crippen LogP contribution is -2.09. The van der Waals surface area contributed by atoms with Gasteiger partial charge >= 0.3 is 0 Å². The molecular weight excluding hydrogens is 108 g/mol. The summed E-state index contributed by atoms with van der Waals surface area (Å²) >= 11 is 0. The molecule has 1 radical (unpaired) electrons. The predicted molar refractivity (Wildman–Crippen MR) is 41.0 cm³/mol. The van der Waals surface area contributed by atoms with Crippen LogP contribution in [0.25, 0.3) is 0 Å². The SMILES string of the molecule is [CH2]C(C)C1CC=CCC1. The fourth-order valence-electron chi connectivity index (χ4n) is 1.33. The molecule has 1 rings (SSSR count). The minimum atomic E-state index is 0.634. The highest BCUT2D eigenvalue weighted by Crippen LogP contribution is 2.24. The van der Waals surface area contributed by atoms with Crippen LogP contribution in [0.1, 0.15) is 26.2 Å². The van der Waals surface area contributed by atoms with Gasteiger partial charge in [-0.15, -0.1) is 0 Å². The minimum Gasteiger partial charge on any atom is -0.0885 e. The quantitative estimate of drug-likeness (QED) is 0.470. The van der Waals surface area contributed by atoms with E-state index in [9.17, 15) is 0 Å². The summed E-state index contributed by atoms with van der Waals surface area (Å²) in [7, 11) is 0. The molecule has 2 unspecified atom stereocenters. The molecule has 51 valence electrons. The van der Waals surface area contributed by atoms with Crippen LogP contribution in [0.3, 0.4) is 0 Å². The van der Waals surface area contributed by atoms with Crippen molar-refractivity contribution in [2.75, 3.05) is 0 Å². The molecule has 0 aromatic rings. The van der Waals surface area contributed by atoms with Crippen molar-refractivity contribution in [1.82, 2.24) is 0 Å². The van der Waals surface area contributed by atoms with Crippen molar-refractivity contribution in [3.05, 3.63) is 19.1 Å². The lowest BCUT2D eigenvalue weighted by atomic mass is 9.85. The van der Waals surface area contributed by atoms with Gasteiger partial charge in [-0.25, -0.2) is 0 Å². The van der Waals surface area contributed by atoms with Crippen LogP contribution in [0, 0.1) is 18.8 Å². The first-order valence-electron chi connectivity index (χ1n) is 3.79. The van der Waals surface area contributed by atoms with Crippen LogP contribution in [0.5, 0.6) is 0 Å². The van der Waals surface area contributed by atoms with Crippen molar-refractivity contribution in [3.63, 3.8) is 0 Å². The smallest absolute Gasteiger partial charge is 0.0320 e. The van der Waals surface area contributed by atoms with Crippen molar-refractivity contribution in [3.8, 4) is 0 Å². The van der Waals surface area contributed by atoms with Crippen molar-refractivity contribution >= 4 is 0 Å². The van der Waals surface area contributed by atoms with E-state index in [1.165, 1.54) is 19.3 Å². The normalized spacial score (nSPS) is 27.2. The third kappa shape index (κ3) is 1.85. The van der Waals surface area contributed by atoms with Gasteiger partial charge in [-0.2, -0.15) is 0 Å². The van der Waals surface area contributed by atoms with Gasteiger partial charge < -0.3 is 0 Å². The summed E-state index contributed by atoms with van der Waals surface area (Å²) < 4.78 is 0. The summed E-state index contributed by atoms with van der Waals surface area (Å²) in [5.74, 6) is 1.49. The molecule has 0 spiro atoms. The summed E-state index contributed by atoms with van der Waals surface area (Å²) in [6, 6.07) is 0. The maximum absolute atomic E-state index is 4.03. The molecule has 0 amide bonds. The minimum absolute atomic E-state index is 0.634. The summed E-state index contributed by atoms with van der Waals surface area (Å²) in [6.45, 7) is 6.24. The predicted octanol–water partition coefficient (Wildman–Crippen LogP) is 2.81. The van der Waals surface area contributed by atoms with E-state index < -0.39 is 0 Å². The molecule has 0 aromatic carbocycles. The summed E-state index contributed by atoms with van der Waals surface area (Å²) in [5, 5.41) is 0. The first kappa shape index (κ1) is 6.85. The van der Waals surface area contributed by atoms with Gasteiger partial charge in [0.1, 0.15) is 0 Å². The average molecular weight is 123 g/mol. The molecule has 0 bridgehead atoms. The zero-order valence-corrected chi connectivity index (χ0v) is 6.14. The lowest BCUT2D eigenvalue weighted by Gasteiger charge is -2.20. The highest BCUT2D eigenvalue weighted by Gasteiger charge is 2.12. The molecule has 1 aliphatic carbocycles. The van der Waals surface area contributed by atoms with Gasteiger partial charge in [0.25, 0.3) is 0 Å². The number of allylic oxidation sites excluding steroid dienone is 2.